The summed E-state index contributed by atoms with van der Waals surface area (Å²) in [6, 6.07) is 7.93. The fraction of sp³-hybridized carbons (Fsp3) is 0.158. The van der Waals surface area contributed by atoms with Crippen molar-refractivity contribution < 1.29 is 9.90 Å². The molecule has 0 unspecified atom stereocenters. The predicted molar refractivity (Wildman–Crippen MR) is 100 cm³/mol. The molecule has 0 atom stereocenters. The smallest absolute Gasteiger partial charge is 0.404 e. The molecule has 0 aliphatic heterocycles. The van der Waals surface area contributed by atoms with Crippen molar-refractivity contribution in [1.82, 2.24) is 29.7 Å². The van der Waals surface area contributed by atoms with Crippen molar-refractivity contribution in [3.63, 3.8) is 0 Å². The van der Waals surface area contributed by atoms with Crippen molar-refractivity contribution in [2.75, 3.05) is 0 Å². The number of hydrogen-bond acceptors (Lipinski definition) is 4. The van der Waals surface area contributed by atoms with Gasteiger partial charge in [0.15, 0.2) is 0 Å². The maximum absolute atomic E-state index is 10.7. The molecule has 0 spiro atoms. The van der Waals surface area contributed by atoms with Crippen molar-refractivity contribution >= 4 is 11.6 Å². The van der Waals surface area contributed by atoms with Crippen molar-refractivity contribution in [3.05, 3.63) is 60.3 Å². The van der Waals surface area contributed by atoms with Gasteiger partial charge in [0.2, 0.25) is 0 Å². The molecule has 1 amide bonds. The molecule has 8 heteroatoms. The van der Waals surface area contributed by atoms with Crippen LogP contribution in [0.25, 0.3) is 27.9 Å². The Hall–Kier alpha value is -3.68. The maximum Gasteiger partial charge on any atom is 0.404 e. The summed E-state index contributed by atoms with van der Waals surface area (Å²) in [6.07, 6.45) is 6.22. The molecular weight excluding hydrogens is 344 g/mol. The van der Waals surface area contributed by atoms with E-state index in [-0.39, 0.29) is 6.54 Å². The van der Waals surface area contributed by atoms with E-state index in [2.05, 4.69) is 20.5 Å². The van der Waals surface area contributed by atoms with E-state index in [9.17, 15) is 4.79 Å². The third kappa shape index (κ3) is 3.24. The van der Waals surface area contributed by atoms with Gasteiger partial charge in [-0.05, 0) is 30.2 Å². The molecule has 8 nitrogen and oxygen atoms in total. The van der Waals surface area contributed by atoms with Gasteiger partial charge in [-0.25, -0.2) is 14.3 Å². The average Bonchev–Trinajstić information content (AvgIpc) is 3.26. The van der Waals surface area contributed by atoms with Gasteiger partial charge in [-0.1, -0.05) is 12.1 Å². The van der Waals surface area contributed by atoms with Crippen LogP contribution in [0.1, 0.15) is 11.1 Å². The van der Waals surface area contributed by atoms with Crippen LogP contribution in [-0.4, -0.2) is 35.6 Å². The lowest BCUT2D eigenvalue weighted by molar-refractivity contribution is 0.194. The number of benzene rings is 1. The Kier molecular flexibility index (Phi) is 4.08. The van der Waals surface area contributed by atoms with Gasteiger partial charge in [-0.15, -0.1) is 0 Å². The van der Waals surface area contributed by atoms with E-state index in [4.69, 9.17) is 5.11 Å². The molecule has 2 N–H and O–H groups in total. The second kappa shape index (κ2) is 6.56. The van der Waals surface area contributed by atoms with E-state index in [1.54, 1.807) is 9.20 Å². The lowest BCUT2D eigenvalue weighted by atomic mass is 10.0. The molecule has 0 radical (unpaired) electrons. The van der Waals surface area contributed by atoms with Gasteiger partial charge in [-0.2, -0.15) is 10.2 Å². The number of hydrogen-bond donors (Lipinski definition) is 2. The van der Waals surface area contributed by atoms with Gasteiger partial charge in [0, 0.05) is 42.7 Å². The number of rotatable bonds is 4. The summed E-state index contributed by atoms with van der Waals surface area (Å²) < 4.78 is 3.57. The van der Waals surface area contributed by atoms with Gasteiger partial charge in [0.05, 0.1) is 17.4 Å². The summed E-state index contributed by atoms with van der Waals surface area (Å²) in [6.45, 7) is 2.23. The van der Waals surface area contributed by atoms with E-state index in [0.29, 0.717) is 0 Å². The molecule has 3 aromatic heterocycles. The number of fused-ring (bicyclic) bond motifs is 1. The second-order valence-corrected chi connectivity index (χ2v) is 6.37. The van der Waals surface area contributed by atoms with Crippen LogP contribution in [0.4, 0.5) is 4.79 Å². The highest BCUT2D eigenvalue weighted by atomic mass is 16.4. The van der Waals surface area contributed by atoms with Crippen LogP contribution in [0.5, 0.6) is 0 Å². The lowest BCUT2D eigenvalue weighted by Gasteiger charge is -2.09. The number of nitrogens with one attached hydrogen (secondary N) is 1. The molecule has 0 aliphatic rings. The molecule has 0 bridgehead atoms. The number of aryl methyl sites for hydroxylation is 2. The first-order chi connectivity index (χ1) is 13.0. The van der Waals surface area contributed by atoms with Crippen molar-refractivity contribution in [3.8, 4) is 22.4 Å². The molecule has 1 aromatic carbocycles. The first kappa shape index (κ1) is 16.8. The summed E-state index contributed by atoms with van der Waals surface area (Å²) >= 11 is 0. The Balaban J connectivity index is 1.74. The molecule has 4 aromatic rings. The van der Waals surface area contributed by atoms with Crippen molar-refractivity contribution in [2.24, 2.45) is 7.05 Å². The highest BCUT2D eigenvalue weighted by Gasteiger charge is 2.12. The average molecular weight is 362 g/mol. The second-order valence-electron chi connectivity index (χ2n) is 6.37. The topological polar surface area (TPSA) is 97.3 Å². The normalized spacial score (nSPS) is 11.0. The molecule has 0 saturated carbocycles. The summed E-state index contributed by atoms with van der Waals surface area (Å²) in [7, 11) is 1.88. The standard InChI is InChI=1S/C19H18N6O2/c1-12-5-13(3-4-14(12)7-20-19(26)27)18-17-6-15(10-25(17)23-11-21-18)16-8-22-24(2)9-16/h3-6,8-11,20H,7H2,1-2H3,(H,26,27). The largest absolute Gasteiger partial charge is 0.465 e. The van der Waals surface area contributed by atoms with Crippen molar-refractivity contribution in [2.45, 2.75) is 13.5 Å². The number of amides is 1. The number of nitrogens with zero attached hydrogens (tertiary/aromatic N) is 5. The highest BCUT2D eigenvalue weighted by Crippen LogP contribution is 2.28. The predicted octanol–water partition coefficient (Wildman–Crippen LogP) is 2.87. The third-order valence-corrected chi connectivity index (χ3v) is 4.49. The number of aromatic nitrogens is 5. The molecular formula is C19H18N6O2. The Morgan fingerprint density at radius 1 is 1.15 bits per heavy atom. The van der Waals surface area contributed by atoms with Crippen LogP contribution in [0.15, 0.2) is 49.2 Å². The summed E-state index contributed by atoms with van der Waals surface area (Å²) in [5.74, 6) is 0. The van der Waals surface area contributed by atoms with Gasteiger partial charge in [0.1, 0.15) is 6.33 Å². The lowest BCUT2D eigenvalue weighted by Crippen LogP contribution is -2.20. The minimum atomic E-state index is -1.04. The maximum atomic E-state index is 10.7. The Morgan fingerprint density at radius 2 is 2.00 bits per heavy atom. The zero-order valence-electron chi connectivity index (χ0n) is 14.9. The van der Waals surface area contributed by atoms with Gasteiger partial charge >= 0.3 is 6.09 Å². The van der Waals surface area contributed by atoms with E-state index < -0.39 is 6.09 Å². The van der Waals surface area contributed by atoms with Crippen LogP contribution < -0.4 is 5.32 Å². The van der Waals surface area contributed by atoms with Gasteiger partial charge < -0.3 is 10.4 Å². The van der Waals surface area contributed by atoms with Crippen LogP contribution in [0.2, 0.25) is 0 Å². The first-order valence-corrected chi connectivity index (χ1v) is 8.40. The molecule has 0 saturated heterocycles. The van der Waals surface area contributed by atoms with Crippen LogP contribution in [-0.2, 0) is 13.6 Å². The molecule has 3 heterocycles. The minimum Gasteiger partial charge on any atom is -0.465 e. The first-order valence-electron chi connectivity index (χ1n) is 8.40. The fourth-order valence-corrected chi connectivity index (χ4v) is 3.09. The highest BCUT2D eigenvalue weighted by molar-refractivity contribution is 5.81. The number of carboxylic acid groups (broad SMARTS) is 1. The fourth-order valence-electron chi connectivity index (χ4n) is 3.09. The molecule has 0 fully saturated rings. The van der Waals surface area contributed by atoms with Crippen molar-refractivity contribution in [1.29, 1.82) is 0 Å². The monoisotopic (exact) mass is 362 g/mol. The van der Waals surface area contributed by atoms with E-state index >= 15 is 0 Å². The van der Waals surface area contributed by atoms with Crippen LogP contribution >= 0.6 is 0 Å². The molecule has 27 heavy (non-hydrogen) atoms. The zero-order valence-corrected chi connectivity index (χ0v) is 14.9. The molecule has 136 valence electrons. The third-order valence-electron chi connectivity index (χ3n) is 4.49. The van der Waals surface area contributed by atoms with E-state index in [0.717, 1.165) is 39.0 Å². The SMILES string of the molecule is Cc1cc(-c2ncnn3cc(-c4cnn(C)c4)cc23)ccc1CNC(=O)O. The Morgan fingerprint density at radius 3 is 2.70 bits per heavy atom. The van der Waals surface area contributed by atoms with Gasteiger partial charge in [-0.3, -0.25) is 4.68 Å². The summed E-state index contributed by atoms with van der Waals surface area (Å²) in [5, 5.41) is 19.7. The number of carbonyl (C=O) groups is 1. The van der Waals surface area contributed by atoms with E-state index in [1.165, 1.54) is 6.33 Å². The van der Waals surface area contributed by atoms with Crippen LogP contribution in [0, 0.1) is 6.92 Å². The Labute approximate surface area is 155 Å². The quantitative estimate of drug-likeness (QED) is 0.582. The van der Waals surface area contributed by atoms with Crippen LogP contribution in [0.3, 0.4) is 0 Å². The van der Waals surface area contributed by atoms with Gasteiger partial charge in [0.25, 0.3) is 0 Å². The molecule has 0 aliphatic carbocycles. The molecule has 4 rings (SSSR count). The minimum absolute atomic E-state index is 0.275. The Bertz CT molecular complexity index is 1140. The zero-order chi connectivity index (χ0) is 19.0. The summed E-state index contributed by atoms with van der Waals surface area (Å²) in [4.78, 5) is 15.2. The summed E-state index contributed by atoms with van der Waals surface area (Å²) in [5.41, 5.74) is 6.63. The van der Waals surface area contributed by atoms with E-state index in [1.807, 2.05) is 56.8 Å².